The van der Waals surface area contributed by atoms with Crippen LogP contribution in [0.25, 0.3) is 11.5 Å². The number of hydrogen-bond donors (Lipinski definition) is 1. The van der Waals surface area contributed by atoms with Gasteiger partial charge in [-0.3, -0.25) is 9.78 Å². The highest BCUT2D eigenvalue weighted by Gasteiger charge is 2.11. The zero-order chi connectivity index (χ0) is 16.8. The predicted molar refractivity (Wildman–Crippen MR) is 89.1 cm³/mol. The number of amides is 1. The van der Waals surface area contributed by atoms with Crippen molar-refractivity contribution in [3.8, 4) is 11.5 Å². The summed E-state index contributed by atoms with van der Waals surface area (Å²) in [6.45, 7) is 0.390. The summed E-state index contributed by atoms with van der Waals surface area (Å²) in [7, 11) is 0. The third-order valence-corrected chi connectivity index (χ3v) is 3.73. The number of carbonyl (C=O) groups excluding carboxylic acids is 1. The molecule has 1 aromatic carbocycles. The van der Waals surface area contributed by atoms with E-state index in [1.807, 2.05) is 30.3 Å². The minimum atomic E-state index is -0.104. The molecule has 3 aromatic rings. The van der Waals surface area contributed by atoms with Gasteiger partial charge in [-0.25, -0.2) is 0 Å². The Balaban J connectivity index is 1.50. The van der Waals surface area contributed by atoms with Gasteiger partial charge in [-0.15, -0.1) is 0 Å². The van der Waals surface area contributed by atoms with Crippen LogP contribution in [0.2, 0.25) is 5.02 Å². The van der Waals surface area contributed by atoms with Gasteiger partial charge in [0.2, 0.25) is 17.6 Å². The Hall–Kier alpha value is -2.73. The molecular formula is C17H15ClN4O2. The van der Waals surface area contributed by atoms with Gasteiger partial charge in [0.15, 0.2) is 0 Å². The molecule has 2 aromatic heterocycles. The monoisotopic (exact) mass is 342 g/mol. The highest BCUT2D eigenvalue weighted by Crippen LogP contribution is 2.15. The normalized spacial score (nSPS) is 10.5. The minimum absolute atomic E-state index is 0.104. The molecule has 0 radical (unpaired) electrons. The minimum Gasteiger partial charge on any atom is -0.352 e. The fourth-order valence-electron chi connectivity index (χ4n) is 2.10. The Morgan fingerprint density at radius 1 is 1.17 bits per heavy atom. The summed E-state index contributed by atoms with van der Waals surface area (Å²) in [5.74, 6) is 0.720. The van der Waals surface area contributed by atoms with Gasteiger partial charge < -0.3 is 9.84 Å². The van der Waals surface area contributed by atoms with Crippen molar-refractivity contribution in [3.63, 3.8) is 0 Å². The summed E-state index contributed by atoms with van der Waals surface area (Å²) in [6, 6.07) is 12.9. The van der Waals surface area contributed by atoms with Gasteiger partial charge in [0.1, 0.15) is 5.69 Å². The van der Waals surface area contributed by atoms with E-state index in [0.717, 1.165) is 5.56 Å². The number of hydrogen-bond acceptors (Lipinski definition) is 5. The van der Waals surface area contributed by atoms with Crippen LogP contribution >= 0.6 is 11.6 Å². The largest absolute Gasteiger partial charge is 0.352 e. The maximum Gasteiger partial charge on any atom is 0.227 e. The number of aryl methyl sites for hydroxylation is 1. The van der Waals surface area contributed by atoms with Crippen molar-refractivity contribution in [1.29, 1.82) is 0 Å². The first-order valence-corrected chi connectivity index (χ1v) is 7.84. The highest BCUT2D eigenvalue weighted by atomic mass is 35.5. The molecule has 6 nitrogen and oxygen atoms in total. The molecule has 122 valence electrons. The van der Waals surface area contributed by atoms with Gasteiger partial charge in [0.25, 0.3) is 0 Å². The fourth-order valence-corrected chi connectivity index (χ4v) is 2.30. The second-order valence-corrected chi connectivity index (χ2v) is 5.50. The van der Waals surface area contributed by atoms with Crippen LogP contribution in [0.5, 0.6) is 0 Å². The van der Waals surface area contributed by atoms with Crippen LogP contribution in [-0.4, -0.2) is 21.0 Å². The molecule has 0 atom stereocenters. The fraction of sp³-hybridized carbons (Fsp3) is 0.176. The molecule has 0 aliphatic carbocycles. The number of carbonyl (C=O) groups is 1. The van der Waals surface area contributed by atoms with E-state index in [9.17, 15) is 4.79 Å². The number of rotatable bonds is 6. The summed E-state index contributed by atoms with van der Waals surface area (Å²) >= 11 is 6.05. The maximum absolute atomic E-state index is 11.9. The molecule has 2 heterocycles. The smallest absolute Gasteiger partial charge is 0.227 e. The van der Waals surface area contributed by atoms with Crippen LogP contribution in [0.3, 0.4) is 0 Å². The van der Waals surface area contributed by atoms with E-state index in [0.29, 0.717) is 35.4 Å². The molecule has 0 unspecified atom stereocenters. The van der Waals surface area contributed by atoms with Crippen LogP contribution in [0.15, 0.2) is 53.2 Å². The van der Waals surface area contributed by atoms with Crippen LogP contribution in [0.4, 0.5) is 0 Å². The van der Waals surface area contributed by atoms with E-state index in [1.165, 1.54) is 0 Å². The van der Waals surface area contributed by atoms with E-state index < -0.39 is 0 Å². The zero-order valence-corrected chi connectivity index (χ0v) is 13.5. The highest BCUT2D eigenvalue weighted by molar-refractivity contribution is 6.31. The first-order valence-electron chi connectivity index (χ1n) is 7.46. The molecule has 0 saturated carbocycles. The van der Waals surface area contributed by atoms with E-state index in [4.69, 9.17) is 16.1 Å². The Labute approximate surface area is 143 Å². The third-order valence-electron chi connectivity index (χ3n) is 3.36. The second-order valence-electron chi connectivity index (χ2n) is 5.09. The van der Waals surface area contributed by atoms with Crippen molar-refractivity contribution in [2.75, 3.05) is 0 Å². The number of benzene rings is 1. The van der Waals surface area contributed by atoms with Gasteiger partial charge in [0.05, 0.1) is 0 Å². The predicted octanol–water partition coefficient (Wildman–Crippen LogP) is 3.03. The summed E-state index contributed by atoms with van der Waals surface area (Å²) in [5, 5.41) is 7.33. The lowest BCUT2D eigenvalue weighted by Crippen LogP contribution is -2.23. The van der Waals surface area contributed by atoms with Gasteiger partial charge in [-0.05, 0) is 23.8 Å². The molecule has 0 saturated heterocycles. The standard InChI is InChI=1S/C17H15ClN4O2/c18-13-6-2-1-5-12(13)11-20-15(23)8-9-16-21-17(22-24-16)14-7-3-4-10-19-14/h1-7,10H,8-9,11H2,(H,20,23). The number of nitrogens with one attached hydrogen (secondary N) is 1. The molecule has 7 heteroatoms. The molecule has 0 fully saturated rings. The molecule has 1 amide bonds. The topological polar surface area (TPSA) is 80.9 Å². The molecule has 24 heavy (non-hydrogen) atoms. The molecule has 0 aliphatic heterocycles. The van der Waals surface area contributed by atoms with Gasteiger partial charge in [-0.2, -0.15) is 4.98 Å². The number of aromatic nitrogens is 3. The number of pyridine rings is 1. The van der Waals surface area contributed by atoms with Crippen molar-refractivity contribution >= 4 is 17.5 Å². The quantitative estimate of drug-likeness (QED) is 0.744. The van der Waals surface area contributed by atoms with E-state index in [1.54, 1.807) is 18.3 Å². The third kappa shape index (κ3) is 4.17. The summed E-state index contributed by atoms with van der Waals surface area (Å²) < 4.78 is 5.15. The molecule has 0 spiro atoms. The van der Waals surface area contributed by atoms with E-state index in [2.05, 4.69) is 20.4 Å². The maximum atomic E-state index is 11.9. The Morgan fingerprint density at radius 3 is 2.79 bits per heavy atom. The molecule has 1 N–H and O–H groups in total. The van der Waals surface area contributed by atoms with Gasteiger partial charge in [0, 0.05) is 30.6 Å². The number of nitrogens with zero attached hydrogens (tertiary/aromatic N) is 3. The first kappa shape index (κ1) is 16.1. The van der Waals surface area contributed by atoms with E-state index >= 15 is 0 Å². The molecule has 3 rings (SSSR count). The Kier molecular flexibility index (Phi) is 5.18. The average Bonchev–Trinajstić information content (AvgIpc) is 3.09. The van der Waals surface area contributed by atoms with Crippen LogP contribution in [0.1, 0.15) is 17.9 Å². The summed E-state index contributed by atoms with van der Waals surface area (Å²) in [5.41, 5.74) is 1.51. The van der Waals surface area contributed by atoms with Crippen molar-refractivity contribution in [3.05, 3.63) is 65.1 Å². The lowest BCUT2D eigenvalue weighted by molar-refractivity contribution is -0.121. The zero-order valence-electron chi connectivity index (χ0n) is 12.8. The second kappa shape index (κ2) is 7.70. The summed E-state index contributed by atoms with van der Waals surface area (Å²) in [6.07, 6.45) is 2.29. The summed E-state index contributed by atoms with van der Waals surface area (Å²) in [4.78, 5) is 20.3. The van der Waals surface area contributed by atoms with Gasteiger partial charge in [-0.1, -0.05) is 41.0 Å². The van der Waals surface area contributed by atoms with Crippen LogP contribution < -0.4 is 5.32 Å². The lowest BCUT2D eigenvalue weighted by Gasteiger charge is -2.05. The lowest BCUT2D eigenvalue weighted by atomic mass is 10.2. The van der Waals surface area contributed by atoms with Crippen LogP contribution in [0, 0.1) is 0 Å². The molecule has 0 aliphatic rings. The van der Waals surface area contributed by atoms with Crippen molar-refractivity contribution in [2.45, 2.75) is 19.4 Å². The van der Waals surface area contributed by atoms with Crippen molar-refractivity contribution in [1.82, 2.24) is 20.4 Å². The first-order chi connectivity index (χ1) is 11.7. The number of halogens is 1. The molecular weight excluding hydrogens is 328 g/mol. The molecule has 0 bridgehead atoms. The van der Waals surface area contributed by atoms with Crippen LogP contribution in [-0.2, 0) is 17.8 Å². The van der Waals surface area contributed by atoms with Gasteiger partial charge >= 0.3 is 0 Å². The Morgan fingerprint density at radius 2 is 2.00 bits per heavy atom. The average molecular weight is 343 g/mol. The Bertz CT molecular complexity index is 820. The van der Waals surface area contributed by atoms with Crippen molar-refractivity contribution in [2.24, 2.45) is 0 Å². The SMILES string of the molecule is O=C(CCc1nc(-c2ccccn2)no1)NCc1ccccc1Cl. The van der Waals surface area contributed by atoms with Crippen molar-refractivity contribution < 1.29 is 9.32 Å². The van der Waals surface area contributed by atoms with E-state index in [-0.39, 0.29) is 12.3 Å².